The Labute approximate surface area is 166 Å². The normalized spacial score (nSPS) is 13.0. The molecule has 1 aromatic heterocycles. The number of carbonyl (C=O) groups is 2. The Morgan fingerprint density at radius 3 is 2.57 bits per heavy atom. The van der Waals surface area contributed by atoms with E-state index in [1.165, 1.54) is 0 Å². The van der Waals surface area contributed by atoms with Crippen LogP contribution >= 0.6 is 0 Å². The molecule has 0 aliphatic carbocycles. The SMILES string of the molecule is CCCCNC(=O)c1nc(C(=O)Nc2ccc(N(C)C)cc2)c2n1CCCC2. The van der Waals surface area contributed by atoms with Crippen molar-refractivity contribution in [2.75, 3.05) is 30.9 Å². The van der Waals surface area contributed by atoms with E-state index in [2.05, 4.69) is 22.5 Å². The van der Waals surface area contributed by atoms with Gasteiger partial charge in [-0.25, -0.2) is 4.98 Å². The van der Waals surface area contributed by atoms with Gasteiger partial charge >= 0.3 is 0 Å². The molecule has 1 aliphatic rings. The number of nitrogens with one attached hydrogen (secondary N) is 2. The van der Waals surface area contributed by atoms with Gasteiger partial charge in [0.05, 0.1) is 5.69 Å². The molecule has 0 fully saturated rings. The lowest BCUT2D eigenvalue weighted by Gasteiger charge is -2.17. The Hall–Kier alpha value is -2.83. The zero-order valence-electron chi connectivity index (χ0n) is 16.9. The van der Waals surface area contributed by atoms with Crippen LogP contribution < -0.4 is 15.5 Å². The molecule has 2 amide bonds. The average molecular weight is 383 g/mol. The van der Waals surface area contributed by atoms with Crippen LogP contribution in [0.15, 0.2) is 24.3 Å². The minimum absolute atomic E-state index is 0.203. The van der Waals surface area contributed by atoms with Gasteiger partial charge in [0.1, 0.15) is 0 Å². The lowest BCUT2D eigenvalue weighted by Crippen LogP contribution is -2.28. The summed E-state index contributed by atoms with van der Waals surface area (Å²) in [5, 5.41) is 5.82. The van der Waals surface area contributed by atoms with E-state index in [0.29, 0.717) is 23.8 Å². The van der Waals surface area contributed by atoms with Crippen LogP contribution in [-0.2, 0) is 13.0 Å². The second-order valence-electron chi connectivity index (χ2n) is 7.34. The molecule has 0 saturated heterocycles. The van der Waals surface area contributed by atoms with Gasteiger partial charge in [-0.05, 0) is 49.9 Å². The third-order valence-corrected chi connectivity index (χ3v) is 4.99. The fourth-order valence-corrected chi connectivity index (χ4v) is 3.39. The van der Waals surface area contributed by atoms with Crippen LogP contribution in [0.5, 0.6) is 0 Å². The van der Waals surface area contributed by atoms with Gasteiger partial charge in [0, 0.05) is 38.6 Å². The number of hydrogen-bond donors (Lipinski definition) is 2. The van der Waals surface area contributed by atoms with Gasteiger partial charge in [-0.2, -0.15) is 0 Å². The molecule has 0 radical (unpaired) electrons. The van der Waals surface area contributed by atoms with Crippen LogP contribution in [0.25, 0.3) is 0 Å². The predicted molar refractivity (Wildman–Crippen MR) is 111 cm³/mol. The van der Waals surface area contributed by atoms with Crippen LogP contribution in [0, 0.1) is 0 Å². The van der Waals surface area contributed by atoms with Crippen LogP contribution in [0.4, 0.5) is 11.4 Å². The molecule has 0 spiro atoms. The molecular weight excluding hydrogens is 354 g/mol. The van der Waals surface area contributed by atoms with Crippen molar-refractivity contribution in [3.63, 3.8) is 0 Å². The Morgan fingerprint density at radius 2 is 1.89 bits per heavy atom. The van der Waals surface area contributed by atoms with Crippen molar-refractivity contribution in [1.82, 2.24) is 14.9 Å². The van der Waals surface area contributed by atoms with Crippen LogP contribution in [-0.4, -0.2) is 42.0 Å². The van der Waals surface area contributed by atoms with Crippen LogP contribution in [0.1, 0.15) is 59.4 Å². The molecule has 2 N–H and O–H groups in total. The minimum atomic E-state index is -0.268. The van der Waals surface area contributed by atoms with E-state index < -0.39 is 0 Å². The molecular formula is C21H29N5O2. The standard InChI is InChI=1S/C21H29N5O2/c1-4-5-13-22-21(28)19-24-18(17-8-6-7-14-26(17)19)20(27)23-15-9-11-16(12-10-15)25(2)3/h9-12H,4-8,13-14H2,1-3H3,(H,22,28)(H,23,27). The Bertz CT molecular complexity index is 839. The molecule has 28 heavy (non-hydrogen) atoms. The largest absolute Gasteiger partial charge is 0.378 e. The van der Waals surface area contributed by atoms with Gasteiger partial charge in [-0.1, -0.05) is 13.3 Å². The van der Waals surface area contributed by atoms with E-state index in [1.807, 2.05) is 47.8 Å². The zero-order chi connectivity index (χ0) is 20.1. The second kappa shape index (κ2) is 8.91. The third kappa shape index (κ3) is 4.35. The summed E-state index contributed by atoms with van der Waals surface area (Å²) in [6.45, 7) is 3.43. The molecule has 3 rings (SSSR count). The quantitative estimate of drug-likeness (QED) is 0.720. The van der Waals surface area contributed by atoms with Crippen molar-refractivity contribution < 1.29 is 9.59 Å². The number of hydrogen-bond acceptors (Lipinski definition) is 4. The predicted octanol–water partition coefficient (Wildman–Crippen LogP) is 3.07. The topological polar surface area (TPSA) is 79.3 Å². The van der Waals surface area contributed by atoms with E-state index in [-0.39, 0.29) is 11.8 Å². The number of nitrogens with zero attached hydrogens (tertiary/aromatic N) is 3. The summed E-state index contributed by atoms with van der Waals surface area (Å²) in [6.07, 6.45) is 4.69. The minimum Gasteiger partial charge on any atom is -0.378 e. The maximum Gasteiger partial charge on any atom is 0.287 e. The van der Waals surface area contributed by atoms with Crippen molar-refractivity contribution in [2.45, 2.75) is 45.6 Å². The fraction of sp³-hybridized carbons (Fsp3) is 0.476. The Balaban J connectivity index is 1.80. The second-order valence-corrected chi connectivity index (χ2v) is 7.34. The zero-order valence-corrected chi connectivity index (χ0v) is 16.9. The molecule has 0 bridgehead atoms. The Morgan fingerprint density at radius 1 is 1.14 bits per heavy atom. The van der Waals surface area contributed by atoms with Crippen LogP contribution in [0.3, 0.4) is 0 Å². The van der Waals surface area contributed by atoms with Crippen molar-refractivity contribution in [1.29, 1.82) is 0 Å². The molecule has 7 heteroatoms. The summed E-state index contributed by atoms with van der Waals surface area (Å²) in [5.74, 6) is -0.124. The van der Waals surface area contributed by atoms with Gasteiger partial charge in [0.2, 0.25) is 0 Å². The number of amides is 2. The number of unbranched alkanes of at least 4 members (excludes halogenated alkanes) is 1. The van der Waals surface area contributed by atoms with Crippen LogP contribution in [0.2, 0.25) is 0 Å². The molecule has 150 valence electrons. The molecule has 2 heterocycles. The molecule has 1 aliphatic heterocycles. The van der Waals surface area contributed by atoms with E-state index in [9.17, 15) is 9.59 Å². The molecule has 0 saturated carbocycles. The highest BCUT2D eigenvalue weighted by Gasteiger charge is 2.27. The first kappa shape index (κ1) is 19.9. The number of benzene rings is 1. The molecule has 0 unspecified atom stereocenters. The highest BCUT2D eigenvalue weighted by Crippen LogP contribution is 2.23. The highest BCUT2D eigenvalue weighted by molar-refractivity contribution is 6.05. The molecule has 2 aromatic rings. The van der Waals surface area contributed by atoms with Gasteiger partial charge in [0.15, 0.2) is 11.5 Å². The van der Waals surface area contributed by atoms with Gasteiger partial charge in [0.25, 0.3) is 11.8 Å². The van der Waals surface area contributed by atoms with E-state index in [1.54, 1.807) is 0 Å². The van der Waals surface area contributed by atoms with E-state index >= 15 is 0 Å². The first-order valence-electron chi connectivity index (χ1n) is 9.97. The molecule has 1 aromatic carbocycles. The van der Waals surface area contributed by atoms with Gasteiger partial charge in [-0.15, -0.1) is 0 Å². The maximum atomic E-state index is 12.9. The number of fused-ring (bicyclic) bond motifs is 1. The highest BCUT2D eigenvalue weighted by atomic mass is 16.2. The third-order valence-electron chi connectivity index (χ3n) is 4.99. The van der Waals surface area contributed by atoms with Crippen molar-refractivity contribution in [3.05, 3.63) is 41.5 Å². The lowest BCUT2D eigenvalue weighted by atomic mass is 10.1. The smallest absolute Gasteiger partial charge is 0.287 e. The number of carbonyl (C=O) groups excluding carboxylic acids is 2. The number of anilines is 2. The van der Waals surface area contributed by atoms with E-state index in [4.69, 9.17) is 0 Å². The summed E-state index contributed by atoms with van der Waals surface area (Å²) in [5.41, 5.74) is 2.98. The van der Waals surface area contributed by atoms with Crippen molar-refractivity contribution in [3.8, 4) is 0 Å². The molecule has 0 atom stereocenters. The number of aromatic nitrogens is 2. The van der Waals surface area contributed by atoms with Crippen molar-refractivity contribution in [2.24, 2.45) is 0 Å². The monoisotopic (exact) mass is 383 g/mol. The summed E-state index contributed by atoms with van der Waals surface area (Å²) in [4.78, 5) is 31.9. The van der Waals surface area contributed by atoms with Crippen molar-refractivity contribution >= 4 is 23.2 Å². The number of rotatable bonds is 7. The van der Waals surface area contributed by atoms with Gasteiger partial charge in [-0.3, -0.25) is 9.59 Å². The summed E-state index contributed by atoms with van der Waals surface area (Å²) < 4.78 is 1.91. The first-order valence-corrected chi connectivity index (χ1v) is 9.97. The molecule has 7 nitrogen and oxygen atoms in total. The summed E-state index contributed by atoms with van der Waals surface area (Å²) in [6, 6.07) is 7.64. The average Bonchev–Trinajstić information content (AvgIpc) is 3.08. The lowest BCUT2D eigenvalue weighted by molar-refractivity contribution is 0.0937. The summed E-state index contributed by atoms with van der Waals surface area (Å²) in [7, 11) is 3.94. The van der Waals surface area contributed by atoms with Gasteiger partial charge < -0.3 is 20.1 Å². The fourth-order valence-electron chi connectivity index (χ4n) is 3.39. The Kier molecular flexibility index (Phi) is 6.34. The maximum absolute atomic E-state index is 12.9. The first-order chi connectivity index (χ1) is 13.5. The number of imidazole rings is 1. The van der Waals surface area contributed by atoms with E-state index in [0.717, 1.165) is 50.0 Å². The summed E-state index contributed by atoms with van der Waals surface area (Å²) >= 11 is 0.